The molecule has 1 aromatic rings. The fraction of sp³-hybridized carbons (Fsp3) is 0.522. The molecular formula is C23H30FN7O2. The van der Waals surface area contributed by atoms with E-state index in [4.69, 9.17) is 4.99 Å². The van der Waals surface area contributed by atoms with E-state index in [0.717, 1.165) is 62.2 Å². The lowest BCUT2D eigenvalue weighted by Crippen LogP contribution is -2.63. The van der Waals surface area contributed by atoms with Gasteiger partial charge in [0.1, 0.15) is 5.82 Å². The minimum Gasteiger partial charge on any atom is -0.313 e. The Kier molecular flexibility index (Phi) is 5.57. The number of nitrogens with zero attached hydrogens (tertiary/aromatic N) is 6. The molecule has 33 heavy (non-hydrogen) atoms. The number of amides is 3. The van der Waals surface area contributed by atoms with Gasteiger partial charge in [-0.1, -0.05) is 18.2 Å². The summed E-state index contributed by atoms with van der Waals surface area (Å²) in [4.78, 5) is 39.7. The topological polar surface area (TPSA) is 74.7 Å². The van der Waals surface area contributed by atoms with E-state index in [1.54, 1.807) is 13.1 Å². The van der Waals surface area contributed by atoms with Crippen molar-refractivity contribution in [1.82, 2.24) is 29.8 Å². The number of hydrogen-bond acceptors (Lipinski definition) is 7. The van der Waals surface area contributed by atoms with E-state index < -0.39 is 18.2 Å². The number of nitrogens with one attached hydrogen (secondary N) is 1. The summed E-state index contributed by atoms with van der Waals surface area (Å²) in [6.45, 7) is 9.93. The van der Waals surface area contributed by atoms with Crippen molar-refractivity contribution < 1.29 is 14.0 Å². The molecule has 0 bridgehead atoms. The first kappa shape index (κ1) is 21.8. The third-order valence-electron chi connectivity index (χ3n) is 7.23. The van der Waals surface area contributed by atoms with Gasteiger partial charge in [-0.05, 0) is 19.9 Å². The van der Waals surface area contributed by atoms with Crippen molar-refractivity contribution in [2.45, 2.75) is 32.6 Å². The molecular weight excluding hydrogens is 425 g/mol. The Balaban J connectivity index is 1.20. The second-order valence-electron chi connectivity index (χ2n) is 9.09. The Morgan fingerprint density at radius 2 is 1.73 bits per heavy atom. The van der Waals surface area contributed by atoms with Crippen LogP contribution >= 0.6 is 0 Å². The lowest BCUT2D eigenvalue weighted by molar-refractivity contribution is -0.126. The van der Waals surface area contributed by atoms with E-state index in [9.17, 15) is 14.0 Å². The second-order valence-corrected chi connectivity index (χ2v) is 9.09. The van der Waals surface area contributed by atoms with Crippen LogP contribution in [0.1, 0.15) is 19.4 Å². The van der Waals surface area contributed by atoms with E-state index in [-0.39, 0.29) is 11.7 Å². The maximum atomic E-state index is 14.0. The zero-order chi connectivity index (χ0) is 23.3. The molecule has 3 amide bonds. The van der Waals surface area contributed by atoms with Crippen molar-refractivity contribution in [2.24, 2.45) is 4.99 Å². The zero-order valence-electron chi connectivity index (χ0n) is 19.3. The Hall–Kier alpha value is -2.98. The van der Waals surface area contributed by atoms with Crippen molar-refractivity contribution in [3.8, 4) is 0 Å². The van der Waals surface area contributed by atoms with Crippen LogP contribution in [0.5, 0.6) is 0 Å². The normalized spacial score (nSPS) is 26.1. The molecule has 10 heteroatoms. The number of halogens is 1. The van der Waals surface area contributed by atoms with Gasteiger partial charge in [0.15, 0.2) is 12.2 Å². The highest BCUT2D eigenvalue weighted by Crippen LogP contribution is 2.35. The van der Waals surface area contributed by atoms with E-state index in [1.165, 1.54) is 11.0 Å². The predicted octanol–water partition coefficient (Wildman–Crippen LogP) is 1.06. The maximum Gasteiger partial charge on any atom is 0.325 e. The number of urea groups is 1. The van der Waals surface area contributed by atoms with Crippen LogP contribution in [0.25, 0.3) is 0 Å². The summed E-state index contributed by atoms with van der Waals surface area (Å²) < 4.78 is 14.0. The fourth-order valence-electron chi connectivity index (χ4n) is 5.07. The first-order chi connectivity index (χ1) is 15.8. The fourth-order valence-corrected chi connectivity index (χ4v) is 5.07. The number of fused-ring (bicyclic) bond motifs is 3. The van der Waals surface area contributed by atoms with Crippen LogP contribution in [0.4, 0.5) is 9.18 Å². The van der Waals surface area contributed by atoms with Gasteiger partial charge in [-0.25, -0.2) is 14.2 Å². The molecule has 5 rings (SSSR count). The molecule has 0 radical (unpaired) electrons. The Morgan fingerprint density at radius 1 is 1.03 bits per heavy atom. The van der Waals surface area contributed by atoms with Crippen LogP contribution in [0.15, 0.2) is 40.7 Å². The first-order valence-corrected chi connectivity index (χ1v) is 11.4. The predicted molar refractivity (Wildman–Crippen MR) is 121 cm³/mol. The summed E-state index contributed by atoms with van der Waals surface area (Å²) in [5.74, 6) is 0.298. The lowest BCUT2D eigenvalue weighted by atomic mass is 10.1. The van der Waals surface area contributed by atoms with Crippen LogP contribution in [0, 0.1) is 5.82 Å². The van der Waals surface area contributed by atoms with Gasteiger partial charge < -0.3 is 9.80 Å². The minimum atomic E-state index is -0.524. The molecule has 4 aliphatic rings. The van der Waals surface area contributed by atoms with E-state index in [2.05, 4.69) is 20.0 Å². The number of aliphatic imine (C=N–C) groups is 1. The summed E-state index contributed by atoms with van der Waals surface area (Å²) >= 11 is 0. The van der Waals surface area contributed by atoms with Crippen LogP contribution < -0.4 is 5.32 Å². The molecule has 4 heterocycles. The minimum absolute atomic E-state index is 0.143. The van der Waals surface area contributed by atoms with Crippen LogP contribution in [0.3, 0.4) is 0 Å². The van der Waals surface area contributed by atoms with Gasteiger partial charge in [0.05, 0.1) is 0 Å². The first-order valence-electron chi connectivity index (χ1n) is 11.4. The molecule has 2 saturated heterocycles. The van der Waals surface area contributed by atoms with Gasteiger partial charge in [0.2, 0.25) is 5.96 Å². The van der Waals surface area contributed by atoms with Crippen molar-refractivity contribution >= 4 is 17.9 Å². The summed E-state index contributed by atoms with van der Waals surface area (Å²) in [6, 6.07) is 6.03. The summed E-state index contributed by atoms with van der Waals surface area (Å²) in [5, 5.41) is 2.43. The molecule has 9 nitrogen and oxygen atoms in total. The highest BCUT2D eigenvalue weighted by atomic mass is 19.1. The largest absolute Gasteiger partial charge is 0.325 e. The lowest BCUT2D eigenvalue weighted by Gasteiger charge is -2.36. The Bertz CT molecular complexity index is 1030. The molecule has 2 fully saturated rings. The van der Waals surface area contributed by atoms with Gasteiger partial charge >= 0.3 is 6.03 Å². The number of allylic oxidation sites excluding steroid dienone is 2. The van der Waals surface area contributed by atoms with E-state index >= 15 is 0 Å². The average Bonchev–Trinajstić information content (AvgIpc) is 3.30. The van der Waals surface area contributed by atoms with Crippen LogP contribution in [-0.2, 0) is 11.3 Å². The van der Waals surface area contributed by atoms with Gasteiger partial charge in [0.25, 0.3) is 5.91 Å². The van der Waals surface area contributed by atoms with Crippen LogP contribution in [0.2, 0.25) is 0 Å². The highest BCUT2D eigenvalue weighted by molar-refractivity contribution is 6.05. The number of benzene rings is 1. The van der Waals surface area contributed by atoms with Gasteiger partial charge in [-0.15, -0.1) is 0 Å². The molecule has 0 aliphatic carbocycles. The standard InChI is InChI=1S/C23H30FN7O2/c1-15-16(2)31-19-20(27(3)23(33)26-21(19)32)25-22(31)30(15)13-12-28-8-10-29(11-9-28)14-17-6-4-5-7-18(17)24/h4-7,19-20H,8-14H2,1-3H3,(H,26,32,33). The second kappa shape index (κ2) is 8.42. The summed E-state index contributed by atoms with van der Waals surface area (Å²) in [7, 11) is 1.67. The maximum absolute atomic E-state index is 14.0. The quantitative estimate of drug-likeness (QED) is 0.716. The smallest absolute Gasteiger partial charge is 0.313 e. The Morgan fingerprint density at radius 3 is 2.45 bits per heavy atom. The summed E-state index contributed by atoms with van der Waals surface area (Å²) in [6.07, 6.45) is -0.506. The SMILES string of the molecule is CC1=C(C)N2C(=NC3C2C(=O)NC(=O)N3C)N1CCN1CCN(Cc2ccccc2F)CC1. The Labute approximate surface area is 193 Å². The number of piperazine rings is 1. The molecule has 0 saturated carbocycles. The van der Waals surface area contributed by atoms with Crippen molar-refractivity contribution in [1.29, 1.82) is 0 Å². The molecule has 0 aromatic heterocycles. The zero-order valence-corrected chi connectivity index (χ0v) is 19.3. The number of rotatable bonds is 5. The molecule has 1 N–H and O–H groups in total. The van der Waals surface area contributed by atoms with E-state index in [1.807, 2.05) is 30.9 Å². The number of carbonyl (C=O) groups excluding carboxylic acids is 2. The third-order valence-corrected chi connectivity index (χ3v) is 7.23. The van der Waals surface area contributed by atoms with Crippen molar-refractivity contribution in [3.05, 3.63) is 47.0 Å². The van der Waals surface area contributed by atoms with Gasteiger partial charge in [0, 0.05) is 69.8 Å². The molecule has 176 valence electrons. The number of imide groups is 1. The number of hydrogen-bond donors (Lipinski definition) is 1. The molecule has 2 unspecified atom stereocenters. The van der Waals surface area contributed by atoms with Crippen molar-refractivity contribution in [3.63, 3.8) is 0 Å². The average molecular weight is 456 g/mol. The molecule has 1 aromatic carbocycles. The molecule has 0 spiro atoms. The van der Waals surface area contributed by atoms with Crippen molar-refractivity contribution in [2.75, 3.05) is 46.3 Å². The van der Waals surface area contributed by atoms with E-state index in [0.29, 0.717) is 6.54 Å². The third kappa shape index (κ3) is 3.76. The summed E-state index contributed by atoms with van der Waals surface area (Å²) in [5.41, 5.74) is 2.82. The van der Waals surface area contributed by atoms with Gasteiger partial charge in [-0.2, -0.15) is 0 Å². The number of likely N-dealkylation sites (N-methyl/N-ethyl adjacent to an activating group) is 1. The number of guanidine groups is 1. The van der Waals surface area contributed by atoms with Gasteiger partial charge in [-0.3, -0.25) is 24.8 Å². The highest BCUT2D eigenvalue weighted by Gasteiger charge is 2.53. The van der Waals surface area contributed by atoms with Crippen LogP contribution in [-0.4, -0.2) is 101 Å². The monoisotopic (exact) mass is 455 g/mol. The molecule has 2 atom stereocenters. The number of carbonyl (C=O) groups is 2. The molecule has 4 aliphatic heterocycles.